The van der Waals surface area contributed by atoms with Gasteiger partial charge in [-0.05, 0) is 51.4 Å². The van der Waals surface area contributed by atoms with E-state index in [4.69, 9.17) is 9.47 Å². The van der Waals surface area contributed by atoms with E-state index in [1.807, 2.05) is 0 Å². The zero-order chi connectivity index (χ0) is 47.0. The molecule has 65 heavy (non-hydrogen) atoms. The van der Waals surface area contributed by atoms with Crippen LogP contribution in [0.1, 0.15) is 316 Å². The van der Waals surface area contributed by atoms with Crippen LogP contribution in [-0.4, -0.2) is 36.4 Å². The first-order valence-corrected chi connectivity index (χ1v) is 29.0. The molecule has 0 bridgehead atoms. The lowest BCUT2D eigenvalue weighted by atomic mass is 10.0. The van der Waals surface area contributed by atoms with Crippen LogP contribution in [0.5, 0.6) is 0 Å². The van der Waals surface area contributed by atoms with E-state index < -0.39 is 6.10 Å². The average Bonchev–Trinajstić information content (AvgIpc) is 3.31. The standard InChI is InChI=1S/C60H112O5/c1-3-5-7-9-11-13-15-17-19-21-23-25-27-29-30-31-33-35-37-39-41-43-45-47-49-51-53-55-60(63)65-58(56-61)57-64-59(62)54-52-50-48-46-44-42-40-38-36-34-32-28-26-24-22-20-18-16-14-12-10-8-6-4-2/h15,17,21,23,27,29,58,61H,3-14,16,18-20,22,24-26,28,30-57H2,1-2H3/b17-15-,23-21-,29-27-. The molecule has 0 aliphatic rings. The van der Waals surface area contributed by atoms with Crippen molar-refractivity contribution in [3.05, 3.63) is 36.5 Å². The van der Waals surface area contributed by atoms with Crippen LogP contribution < -0.4 is 0 Å². The third-order valence-electron chi connectivity index (χ3n) is 13.2. The number of hydrogen-bond acceptors (Lipinski definition) is 5. The van der Waals surface area contributed by atoms with Crippen molar-refractivity contribution in [2.75, 3.05) is 13.2 Å². The van der Waals surface area contributed by atoms with Crippen molar-refractivity contribution >= 4 is 11.9 Å². The molecule has 382 valence electrons. The normalized spacial score (nSPS) is 12.4. The second-order valence-corrected chi connectivity index (χ2v) is 19.7. The third kappa shape index (κ3) is 54.6. The quantitative estimate of drug-likeness (QED) is 0.0374. The predicted molar refractivity (Wildman–Crippen MR) is 284 cm³/mol. The summed E-state index contributed by atoms with van der Waals surface area (Å²) >= 11 is 0. The van der Waals surface area contributed by atoms with Crippen LogP contribution in [0.4, 0.5) is 0 Å². The van der Waals surface area contributed by atoms with Crippen LogP contribution in [0.25, 0.3) is 0 Å². The molecule has 0 radical (unpaired) electrons. The Bertz CT molecular complexity index is 1030. The second-order valence-electron chi connectivity index (χ2n) is 19.7. The summed E-state index contributed by atoms with van der Waals surface area (Å²) in [5.74, 6) is -0.575. The van der Waals surface area contributed by atoms with Crippen LogP contribution in [0.15, 0.2) is 36.5 Å². The van der Waals surface area contributed by atoms with E-state index in [9.17, 15) is 14.7 Å². The van der Waals surface area contributed by atoms with E-state index in [-0.39, 0.29) is 25.2 Å². The highest BCUT2D eigenvalue weighted by atomic mass is 16.6. The first kappa shape index (κ1) is 63.1. The molecular formula is C60H112O5. The number of hydrogen-bond donors (Lipinski definition) is 1. The zero-order valence-electron chi connectivity index (χ0n) is 43.8. The van der Waals surface area contributed by atoms with E-state index >= 15 is 0 Å². The molecule has 0 aromatic rings. The van der Waals surface area contributed by atoms with Gasteiger partial charge in [0.2, 0.25) is 0 Å². The van der Waals surface area contributed by atoms with Gasteiger partial charge in [0.1, 0.15) is 6.61 Å². The minimum Gasteiger partial charge on any atom is -0.462 e. The van der Waals surface area contributed by atoms with Crippen LogP contribution in [0.3, 0.4) is 0 Å². The van der Waals surface area contributed by atoms with E-state index in [1.54, 1.807) is 0 Å². The van der Waals surface area contributed by atoms with E-state index in [2.05, 4.69) is 50.3 Å². The van der Waals surface area contributed by atoms with Gasteiger partial charge in [0.05, 0.1) is 6.61 Å². The number of ether oxygens (including phenoxy) is 2. The van der Waals surface area contributed by atoms with Crippen LogP contribution in [-0.2, 0) is 19.1 Å². The van der Waals surface area contributed by atoms with Crippen molar-refractivity contribution in [2.45, 2.75) is 322 Å². The second kappa shape index (κ2) is 56.4. The molecule has 0 fully saturated rings. The maximum absolute atomic E-state index is 12.3. The van der Waals surface area contributed by atoms with E-state index in [0.717, 1.165) is 44.9 Å². The van der Waals surface area contributed by atoms with Gasteiger partial charge in [0.25, 0.3) is 0 Å². The van der Waals surface area contributed by atoms with Crippen molar-refractivity contribution in [3.8, 4) is 0 Å². The molecule has 0 amide bonds. The van der Waals surface area contributed by atoms with Gasteiger partial charge in [-0.1, -0.05) is 288 Å². The molecule has 0 aromatic heterocycles. The number of carbonyl (C=O) groups excluding carboxylic acids is 2. The Morgan fingerprint density at radius 2 is 0.615 bits per heavy atom. The summed E-state index contributed by atoms with van der Waals surface area (Å²) in [6.07, 6.45) is 72.7. The number of rotatable bonds is 54. The molecule has 1 atom stereocenters. The largest absolute Gasteiger partial charge is 0.462 e. The van der Waals surface area contributed by atoms with Gasteiger partial charge in [-0.3, -0.25) is 9.59 Å². The molecule has 1 unspecified atom stereocenters. The topological polar surface area (TPSA) is 72.8 Å². The molecule has 0 aromatic carbocycles. The van der Waals surface area contributed by atoms with Crippen molar-refractivity contribution in [1.82, 2.24) is 0 Å². The summed E-state index contributed by atoms with van der Waals surface area (Å²) in [5.41, 5.74) is 0. The highest BCUT2D eigenvalue weighted by Gasteiger charge is 2.16. The Balaban J connectivity index is 3.45. The highest BCUT2D eigenvalue weighted by molar-refractivity contribution is 5.70. The number of aliphatic hydroxyl groups is 1. The fourth-order valence-corrected chi connectivity index (χ4v) is 8.80. The zero-order valence-corrected chi connectivity index (χ0v) is 43.8. The fraction of sp³-hybridized carbons (Fsp3) is 0.867. The van der Waals surface area contributed by atoms with Crippen molar-refractivity contribution < 1.29 is 24.2 Å². The molecule has 5 nitrogen and oxygen atoms in total. The summed E-state index contributed by atoms with van der Waals surface area (Å²) in [5, 5.41) is 9.66. The summed E-state index contributed by atoms with van der Waals surface area (Å²) < 4.78 is 10.7. The third-order valence-corrected chi connectivity index (χ3v) is 13.2. The van der Waals surface area contributed by atoms with Gasteiger partial charge in [-0.25, -0.2) is 0 Å². The SMILES string of the molecule is CCCCCCC/C=C\C/C=C\C/C=C\CCCCCCCCCCCCCCC(=O)OC(CO)COC(=O)CCCCCCCCCCCCCCCCCCCCCCCCCC. The molecular weight excluding hydrogens is 801 g/mol. The first-order chi connectivity index (χ1) is 32.1. The molecule has 0 rings (SSSR count). The summed E-state index contributed by atoms with van der Waals surface area (Å²) in [4.78, 5) is 24.5. The Kier molecular flexibility index (Phi) is 54.8. The summed E-state index contributed by atoms with van der Waals surface area (Å²) in [7, 11) is 0. The van der Waals surface area contributed by atoms with Gasteiger partial charge in [-0.2, -0.15) is 0 Å². The Hall–Kier alpha value is -1.88. The lowest BCUT2D eigenvalue weighted by Gasteiger charge is -2.15. The number of allylic oxidation sites excluding steroid dienone is 6. The number of esters is 2. The van der Waals surface area contributed by atoms with Crippen molar-refractivity contribution in [2.24, 2.45) is 0 Å². The summed E-state index contributed by atoms with van der Waals surface area (Å²) in [6.45, 7) is 4.18. The number of aliphatic hydroxyl groups excluding tert-OH is 1. The molecule has 1 N–H and O–H groups in total. The van der Waals surface area contributed by atoms with Crippen molar-refractivity contribution in [3.63, 3.8) is 0 Å². The minimum atomic E-state index is -0.771. The molecule has 0 aliphatic carbocycles. The maximum Gasteiger partial charge on any atom is 0.306 e. The fourth-order valence-electron chi connectivity index (χ4n) is 8.80. The van der Waals surface area contributed by atoms with Crippen LogP contribution >= 0.6 is 0 Å². The van der Waals surface area contributed by atoms with Crippen LogP contribution in [0.2, 0.25) is 0 Å². The molecule has 5 heteroatoms. The minimum absolute atomic E-state index is 0.0617. The lowest BCUT2D eigenvalue weighted by Crippen LogP contribution is -2.28. The van der Waals surface area contributed by atoms with Gasteiger partial charge >= 0.3 is 11.9 Å². The number of unbranched alkanes of at least 4 members (excludes halogenated alkanes) is 40. The smallest absolute Gasteiger partial charge is 0.306 e. The van der Waals surface area contributed by atoms with Crippen molar-refractivity contribution in [1.29, 1.82) is 0 Å². The van der Waals surface area contributed by atoms with E-state index in [1.165, 1.54) is 244 Å². The Morgan fingerprint density at radius 1 is 0.354 bits per heavy atom. The molecule has 0 spiro atoms. The van der Waals surface area contributed by atoms with Crippen LogP contribution in [0, 0.1) is 0 Å². The van der Waals surface area contributed by atoms with E-state index in [0.29, 0.717) is 12.8 Å². The summed E-state index contributed by atoms with van der Waals surface area (Å²) in [6, 6.07) is 0. The highest BCUT2D eigenvalue weighted by Crippen LogP contribution is 2.17. The Morgan fingerprint density at radius 3 is 0.923 bits per heavy atom. The Labute approximate surface area is 406 Å². The molecule has 0 aliphatic heterocycles. The molecule has 0 saturated heterocycles. The first-order valence-electron chi connectivity index (χ1n) is 29.0. The maximum atomic E-state index is 12.3. The monoisotopic (exact) mass is 913 g/mol. The predicted octanol–water partition coefficient (Wildman–Crippen LogP) is 19.5. The lowest BCUT2D eigenvalue weighted by molar-refractivity contribution is -0.161. The molecule has 0 saturated carbocycles. The van der Waals surface area contributed by atoms with Gasteiger partial charge in [0.15, 0.2) is 6.10 Å². The van der Waals surface area contributed by atoms with Gasteiger partial charge in [-0.15, -0.1) is 0 Å². The van der Waals surface area contributed by atoms with Gasteiger partial charge in [0, 0.05) is 12.8 Å². The van der Waals surface area contributed by atoms with Gasteiger partial charge < -0.3 is 14.6 Å². The average molecular weight is 914 g/mol. The number of carbonyl (C=O) groups is 2. The molecule has 0 heterocycles.